The number of esters is 1. The molecule has 0 spiro atoms. The minimum absolute atomic E-state index is 0.0508. The van der Waals surface area contributed by atoms with Crippen LogP contribution < -0.4 is 0 Å². The van der Waals surface area contributed by atoms with Crippen molar-refractivity contribution in [2.45, 2.75) is 33.2 Å². The maximum atomic E-state index is 12.9. The zero-order chi connectivity index (χ0) is 24.1. The Bertz CT molecular complexity index is 1190. The fourth-order valence-electron chi connectivity index (χ4n) is 4.29. The number of rotatable bonds is 6. The van der Waals surface area contributed by atoms with E-state index in [2.05, 4.69) is 44.2 Å². The number of aromatic nitrogens is 2. The number of benzene rings is 2. The Balaban J connectivity index is 1.55. The van der Waals surface area contributed by atoms with Crippen LogP contribution in [0.15, 0.2) is 60.8 Å². The van der Waals surface area contributed by atoms with E-state index in [1.807, 2.05) is 35.2 Å². The second-order valence-corrected chi connectivity index (χ2v) is 8.87. The standard InChI is InChI=1S/C28H31N3O3/c1-20-9-10-24(17-21(20)2)27-25(19-31(29-27)18-22-7-5-4-6-8-22)11-12-26(32)30-15-13-23(14-16-30)28(33)34-3/h4-12,17,19,23H,13-16,18H2,1-3H3/b12-11+. The molecule has 1 aliphatic rings. The van der Waals surface area contributed by atoms with Crippen molar-refractivity contribution >= 4 is 18.0 Å². The highest BCUT2D eigenvalue weighted by Crippen LogP contribution is 2.26. The molecule has 34 heavy (non-hydrogen) atoms. The molecule has 2 heterocycles. The van der Waals surface area contributed by atoms with Gasteiger partial charge in [-0.05, 0) is 55.5 Å². The van der Waals surface area contributed by atoms with Crippen LogP contribution in [0.3, 0.4) is 0 Å². The van der Waals surface area contributed by atoms with E-state index in [0.717, 1.165) is 22.4 Å². The third-order valence-corrected chi connectivity index (χ3v) is 6.50. The molecule has 0 saturated carbocycles. The predicted octanol–water partition coefficient (Wildman–Crippen LogP) is 4.64. The number of piperidine rings is 1. The number of carbonyl (C=O) groups excluding carboxylic acids is 2. The average Bonchev–Trinajstić information content (AvgIpc) is 3.26. The number of nitrogens with zero attached hydrogens (tertiary/aromatic N) is 3. The lowest BCUT2D eigenvalue weighted by atomic mass is 9.97. The Labute approximate surface area is 200 Å². The summed E-state index contributed by atoms with van der Waals surface area (Å²) >= 11 is 0. The molecule has 0 bridgehead atoms. The van der Waals surface area contributed by atoms with E-state index in [-0.39, 0.29) is 17.8 Å². The van der Waals surface area contributed by atoms with E-state index < -0.39 is 0 Å². The number of hydrogen-bond acceptors (Lipinski definition) is 4. The van der Waals surface area contributed by atoms with E-state index >= 15 is 0 Å². The van der Waals surface area contributed by atoms with Gasteiger partial charge in [0.25, 0.3) is 0 Å². The topological polar surface area (TPSA) is 64.4 Å². The van der Waals surface area contributed by atoms with Crippen LogP contribution in [0.5, 0.6) is 0 Å². The third-order valence-electron chi connectivity index (χ3n) is 6.50. The molecule has 0 aliphatic carbocycles. The second kappa shape index (κ2) is 10.5. The molecule has 4 rings (SSSR count). The SMILES string of the molecule is COC(=O)C1CCN(C(=O)/C=C/c2cn(Cc3ccccc3)nc2-c2ccc(C)c(C)c2)CC1. The molecule has 6 nitrogen and oxygen atoms in total. The van der Waals surface area contributed by atoms with Crippen molar-refractivity contribution in [3.8, 4) is 11.3 Å². The first kappa shape index (κ1) is 23.5. The van der Waals surface area contributed by atoms with Crippen molar-refractivity contribution < 1.29 is 14.3 Å². The summed E-state index contributed by atoms with van der Waals surface area (Å²) in [7, 11) is 1.41. The zero-order valence-electron chi connectivity index (χ0n) is 20.0. The van der Waals surface area contributed by atoms with Crippen molar-refractivity contribution in [1.29, 1.82) is 0 Å². The van der Waals surface area contributed by atoms with E-state index in [9.17, 15) is 9.59 Å². The first-order valence-corrected chi connectivity index (χ1v) is 11.7. The van der Waals surface area contributed by atoms with Crippen molar-refractivity contribution in [1.82, 2.24) is 14.7 Å². The number of likely N-dealkylation sites (tertiary alicyclic amines) is 1. The third kappa shape index (κ3) is 5.45. The highest BCUT2D eigenvalue weighted by molar-refractivity contribution is 5.93. The maximum Gasteiger partial charge on any atom is 0.308 e. The van der Waals surface area contributed by atoms with Gasteiger partial charge in [-0.1, -0.05) is 42.5 Å². The molecule has 1 aliphatic heterocycles. The largest absolute Gasteiger partial charge is 0.469 e. The molecule has 1 amide bonds. The van der Waals surface area contributed by atoms with E-state index in [0.29, 0.717) is 32.5 Å². The van der Waals surface area contributed by atoms with Crippen LogP contribution >= 0.6 is 0 Å². The maximum absolute atomic E-state index is 12.9. The zero-order valence-corrected chi connectivity index (χ0v) is 20.0. The van der Waals surface area contributed by atoms with Crippen molar-refractivity contribution in [2.75, 3.05) is 20.2 Å². The smallest absolute Gasteiger partial charge is 0.308 e. The molecule has 1 saturated heterocycles. The number of hydrogen-bond donors (Lipinski definition) is 0. The average molecular weight is 458 g/mol. The molecule has 0 N–H and O–H groups in total. The Morgan fingerprint density at radius 3 is 2.47 bits per heavy atom. The summed E-state index contributed by atoms with van der Waals surface area (Å²) in [6.45, 7) is 5.95. The van der Waals surface area contributed by atoms with Gasteiger partial charge < -0.3 is 9.64 Å². The lowest BCUT2D eigenvalue weighted by Crippen LogP contribution is -2.39. The van der Waals surface area contributed by atoms with Crippen molar-refractivity contribution in [3.05, 3.63) is 83.1 Å². The lowest BCUT2D eigenvalue weighted by Gasteiger charge is -2.29. The summed E-state index contributed by atoms with van der Waals surface area (Å²) in [5.74, 6) is -0.359. The second-order valence-electron chi connectivity index (χ2n) is 8.87. The molecule has 2 aromatic carbocycles. The van der Waals surface area contributed by atoms with Gasteiger partial charge in [0.2, 0.25) is 5.91 Å². The van der Waals surface area contributed by atoms with E-state index in [4.69, 9.17) is 9.84 Å². The summed E-state index contributed by atoms with van der Waals surface area (Å²) in [4.78, 5) is 26.4. The van der Waals surface area contributed by atoms with Gasteiger partial charge >= 0.3 is 5.97 Å². The molecule has 0 unspecified atom stereocenters. The Kier molecular flexibility index (Phi) is 7.26. The molecule has 1 aromatic heterocycles. The first-order chi connectivity index (χ1) is 16.4. The number of methoxy groups -OCH3 is 1. The predicted molar refractivity (Wildman–Crippen MR) is 133 cm³/mol. The van der Waals surface area contributed by atoms with Gasteiger partial charge in [0.05, 0.1) is 25.3 Å². The van der Waals surface area contributed by atoms with Gasteiger partial charge in [0, 0.05) is 36.5 Å². The molecule has 0 radical (unpaired) electrons. The molecular weight excluding hydrogens is 426 g/mol. The fraction of sp³-hybridized carbons (Fsp3) is 0.321. The van der Waals surface area contributed by atoms with Crippen LogP contribution in [0, 0.1) is 19.8 Å². The number of carbonyl (C=O) groups is 2. The highest BCUT2D eigenvalue weighted by Gasteiger charge is 2.27. The Hall–Kier alpha value is -3.67. The highest BCUT2D eigenvalue weighted by atomic mass is 16.5. The minimum atomic E-state index is -0.188. The molecule has 3 aromatic rings. The lowest BCUT2D eigenvalue weighted by molar-refractivity contribution is -0.148. The number of ether oxygens (including phenoxy) is 1. The van der Waals surface area contributed by atoms with Gasteiger partial charge in [-0.25, -0.2) is 0 Å². The molecule has 176 valence electrons. The minimum Gasteiger partial charge on any atom is -0.469 e. The van der Waals surface area contributed by atoms with Gasteiger partial charge in [-0.2, -0.15) is 5.10 Å². The first-order valence-electron chi connectivity index (χ1n) is 11.7. The summed E-state index contributed by atoms with van der Waals surface area (Å²) < 4.78 is 6.76. The summed E-state index contributed by atoms with van der Waals surface area (Å²) in [6.07, 6.45) is 6.73. The van der Waals surface area contributed by atoms with Gasteiger partial charge in [0.1, 0.15) is 0 Å². The number of aryl methyl sites for hydroxylation is 2. The van der Waals surface area contributed by atoms with Crippen molar-refractivity contribution in [3.63, 3.8) is 0 Å². The van der Waals surface area contributed by atoms with Crippen LogP contribution in [0.2, 0.25) is 0 Å². The van der Waals surface area contributed by atoms with Gasteiger partial charge in [-0.15, -0.1) is 0 Å². The van der Waals surface area contributed by atoms with Crippen LogP contribution in [0.4, 0.5) is 0 Å². The van der Waals surface area contributed by atoms with Crippen LogP contribution in [-0.4, -0.2) is 46.8 Å². The van der Waals surface area contributed by atoms with E-state index in [1.54, 1.807) is 11.0 Å². The molecule has 0 atom stereocenters. The molecule has 6 heteroatoms. The number of amides is 1. The van der Waals surface area contributed by atoms with E-state index in [1.165, 1.54) is 18.2 Å². The van der Waals surface area contributed by atoms with Crippen molar-refractivity contribution in [2.24, 2.45) is 5.92 Å². The summed E-state index contributed by atoms with van der Waals surface area (Å²) in [5, 5.41) is 4.86. The van der Waals surface area contributed by atoms with Crippen LogP contribution in [-0.2, 0) is 20.9 Å². The summed E-state index contributed by atoms with van der Waals surface area (Å²) in [5.41, 5.74) is 6.38. The summed E-state index contributed by atoms with van der Waals surface area (Å²) in [6, 6.07) is 16.5. The van der Waals surface area contributed by atoms with Crippen LogP contribution in [0.1, 0.15) is 35.1 Å². The Morgan fingerprint density at radius 1 is 1.06 bits per heavy atom. The normalized spacial score (nSPS) is 14.5. The molecular formula is C28H31N3O3. The Morgan fingerprint density at radius 2 is 1.79 bits per heavy atom. The van der Waals surface area contributed by atoms with Crippen LogP contribution in [0.25, 0.3) is 17.3 Å². The van der Waals surface area contributed by atoms with Gasteiger partial charge in [-0.3, -0.25) is 14.3 Å². The van der Waals surface area contributed by atoms with Gasteiger partial charge in [0.15, 0.2) is 0 Å². The fourth-order valence-corrected chi connectivity index (χ4v) is 4.29. The molecule has 1 fully saturated rings. The monoisotopic (exact) mass is 457 g/mol. The quantitative estimate of drug-likeness (QED) is 0.400.